The predicted octanol–water partition coefficient (Wildman–Crippen LogP) is 3.47. The summed E-state index contributed by atoms with van der Waals surface area (Å²) in [4.78, 5) is 14.6. The van der Waals surface area contributed by atoms with Gasteiger partial charge in [-0.1, -0.05) is 35.9 Å². The lowest BCUT2D eigenvalue weighted by Gasteiger charge is -2.28. The van der Waals surface area contributed by atoms with Crippen molar-refractivity contribution in [1.29, 1.82) is 0 Å². The Labute approximate surface area is 159 Å². The summed E-state index contributed by atoms with van der Waals surface area (Å²) >= 11 is 6.20. The molecule has 2 aromatic rings. The van der Waals surface area contributed by atoms with Crippen molar-refractivity contribution in [2.45, 2.75) is 24.7 Å². The molecule has 0 saturated carbocycles. The van der Waals surface area contributed by atoms with E-state index in [2.05, 4.69) is 0 Å². The van der Waals surface area contributed by atoms with Gasteiger partial charge in [0, 0.05) is 18.1 Å². The molecule has 26 heavy (non-hydrogen) atoms. The normalized spacial score (nSPS) is 14.5. The number of rotatable bonds is 5. The molecule has 1 heterocycles. The topological polar surface area (TPSA) is 57.7 Å². The number of hydrogen-bond donors (Lipinski definition) is 0. The highest BCUT2D eigenvalue weighted by atomic mass is 35.5. The minimum Gasteiger partial charge on any atom is -0.341 e. The second-order valence-corrected chi connectivity index (χ2v) is 8.57. The fourth-order valence-electron chi connectivity index (χ4n) is 3.07. The molecule has 3 rings (SSSR count). The molecule has 1 amide bonds. The summed E-state index contributed by atoms with van der Waals surface area (Å²) in [5.41, 5.74) is 1.05. The summed E-state index contributed by atoms with van der Waals surface area (Å²) in [7, 11) is -3.89. The highest BCUT2D eigenvalue weighted by Crippen LogP contribution is 2.31. The Hall–Kier alpha value is -2.05. The maximum absolute atomic E-state index is 13.3. The largest absolute Gasteiger partial charge is 0.341 e. The van der Waals surface area contributed by atoms with Crippen LogP contribution in [0.4, 0.5) is 5.69 Å². The Morgan fingerprint density at radius 3 is 2.38 bits per heavy atom. The van der Waals surface area contributed by atoms with E-state index in [0.717, 1.165) is 12.8 Å². The zero-order chi connectivity index (χ0) is 18.7. The van der Waals surface area contributed by atoms with Crippen molar-refractivity contribution < 1.29 is 13.2 Å². The molecule has 1 saturated heterocycles. The second-order valence-electron chi connectivity index (χ2n) is 6.30. The minimum atomic E-state index is -3.89. The quantitative estimate of drug-likeness (QED) is 0.782. The molecular formula is C19H21ClN2O3S. The van der Waals surface area contributed by atoms with Crippen LogP contribution in [0.25, 0.3) is 0 Å². The standard InChI is InChI=1S/C19H21ClN2O3S/c1-15-17(20)10-7-11-18(15)22(14-19(23)21-12-5-6-13-21)26(24,25)16-8-3-2-4-9-16/h2-4,7-11H,5-6,12-14H2,1H3. The van der Waals surface area contributed by atoms with Gasteiger partial charge in [-0.05, 0) is 49.6 Å². The van der Waals surface area contributed by atoms with Gasteiger partial charge in [-0.2, -0.15) is 0 Å². The molecule has 5 nitrogen and oxygen atoms in total. The Morgan fingerprint density at radius 1 is 1.08 bits per heavy atom. The number of benzene rings is 2. The SMILES string of the molecule is Cc1c(Cl)cccc1N(CC(=O)N1CCCC1)S(=O)(=O)c1ccccc1. The molecule has 2 aromatic carbocycles. The Kier molecular flexibility index (Phi) is 5.53. The number of halogens is 1. The van der Waals surface area contributed by atoms with Crippen LogP contribution in [0, 0.1) is 6.92 Å². The second kappa shape index (κ2) is 7.68. The number of nitrogens with zero attached hydrogens (tertiary/aromatic N) is 2. The van der Waals surface area contributed by atoms with E-state index in [1.54, 1.807) is 48.2 Å². The van der Waals surface area contributed by atoms with Gasteiger partial charge in [-0.25, -0.2) is 8.42 Å². The van der Waals surface area contributed by atoms with Crippen molar-refractivity contribution in [3.63, 3.8) is 0 Å². The number of carbonyl (C=O) groups excluding carboxylic acids is 1. The number of sulfonamides is 1. The van der Waals surface area contributed by atoms with Crippen LogP contribution in [0.3, 0.4) is 0 Å². The first kappa shape index (κ1) is 18.7. The third-order valence-electron chi connectivity index (χ3n) is 4.58. The third kappa shape index (κ3) is 3.71. The molecule has 7 heteroatoms. The molecule has 0 aliphatic carbocycles. The number of amides is 1. The molecule has 0 bridgehead atoms. The molecule has 1 aliphatic heterocycles. The monoisotopic (exact) mass is 392 g/mol. The van der Waals surface area contributed by atoms with Crippen molar-refractivity contribution in [2.75, 3.05) is 23.9 Å². The maximum atomic E-state index is 13.3. The zero-order valence-corrected chi connectivity index (χ0v) is 16.1. The van der Waals surface area contributed by atoms with Crippen molar-refractivity contribution in [3.8, 4) is 0 Å². The Morgan fingerprint density at radius 2 is 1.73 bits per heavy atom. The van der Waals surface area contributed by atoms with Gasteiger partial charge in [-0.15, -0.1) is 0 Å². The molecule has 0 radical (unpaired) electrons. The van der Waals surface area contributed by atoms with Crippen molar-refractivity contribution in [1.82, 2.24) is 4.90 Å². The van der Waals surface area contributed by atoms with Crippen LogP contribution in [0.5, 0.6) is 0 Å². The molecule has 1 fully saturated rings. The van der Waals surface area contributed by atoms with E-state index < -0.39 is 10.0 Å². The summed E-state index contributed by atoms with van der Waals surface area (Å²) < 4.78 is 27.7. The fourth-order valence-corrected chi connectivity index (χ4v) is 4.74. The van der Waals surface area contributed by atoms with E-state index >= 15 is 0 Å². The summed E-state index contributed by atoms with van der Waals surface area (Å²) in [5, 5.41) is 0.462. The van der Waals surface area contributed by atoms with E-state index in [-0.39, 0.29) is 17.3 Å². The highest BCUT2D eigenvalue weighted by molar-refractivity contribution is 7.92. The lowest BCUT2D eigenvalue weighted by atomic mass is 10.2. The van der Waals surface area contributed by atoms with Gasteiger partial charge in [0.1, 0.15) is 6.54 Å². The molecule has 0 spiro atoms. The first-order valence-electron chi connectivity index (χ1n) is 8.52. The number of hydrogen-bond acceptors (Lipinski definition) is 3. The fraction of sp³-hybridized carbons (Fsp3) is 0.316. The van der Waals surface area contributed by atoms with Gasteiger partial charge < -0.3 is 4.90 Å². The predicted molar refractivity (Wildman–Crippen MR) is 103 cm³/mol. The van der Waals surface area contributed by atoms with Gasteiger partial charge in [0.2, 0.25) is 5.91 Å². The van der Waals surface area contributed by atoms with Crippen LogP contribution in [0.1, 0.15) is 18.4 Å². The van der Waals surface area contributed by atoms with Crippen LogP contribution in [-0.4, -0.2) is 38.9 Å². The van der Waals surface area contributed by atoms with Crippen LogP contribution in [0.15, 0.2) is 53.4 Å². The van der Waals surface area contributed by atoms with Crippen LogP contribution >= 0.6 is 11.6 Å². The smallest absolute Gasteiger partial charge is 0.264 e. The molecular weight excluding hydrogens is 372 g/mol. The van der Waals surface area contributed by atoms with E-state index in [0.29, 0.717) is 29.4 Å². The maximum Gasteiger partial charge on any atom is 0.264 e. The lowest BCUT2D eigenvalue weighted by molar-refractivity contribution is -0.128. The van der Waals surface area contributed by atoms with Crippen molar-refractivity contribution >= 4 is 33.2 Å². The van der Waals surface area contributed by atoms with E-state index in [1.165, 1.54) is 16.4 Å². The molecule has 1 aliphatic rings. The van der Waals surface area contributed by atoms with Gasteiger partial charge in [-0.3, -0.25) is 9.10 Å². The molecule has 0 unspecified atom stereocenters. The lowest BCUT2D eigenvalue weighted by Crippen LogP contribution is -2.42. The number of carbonyl (C=O) groups is 1. The van der Waals surface area contributed by atoms with Gasteiger partial charge in [0.15, 0.2) is 0 Å². The molecule has 138 valence electrons. The molecule has 0 N–H and O–H groups in total. The van der Waals surface area contributed by atoms with E-state index in [4.69, 9.17) is 11.6 Å². The Bertz CT molecular complexity index is 894. The molecule has 0 atom stereocenters. The summed E-state index contributed by atoms with van der Waals surface area (Å²) in [5.74, 6) is -0.193. The summed E-state index contributed by atoms with van der Waals surface area (Å²) in [6.07, 6.45) is 1.90. The van der Waals surface area contributed by atoms with Gasteiger partial charge in [0.05, 0.1) is 10.6 Å². The van der Waals surface area contributed by atoms with Gasteiger partial charge in [0.25, 0.3) is 10.0 Å². The Balaban J connectivity index is 2.04. The average Bonchev–Trinajstić information content (AvgIpc) is 3.18. The molecule has 0 aromatic heterocycles. The summed E-state index contributed by atoms with van der Waals surface area (Å²) in [6, 6.07) is 13.2. The third-order valence-corrected chi connectivity index (χ3v) is 6.76. The first-order valence-corrected chi connectivity index (χ1v) is 10.3. The minimum absolute atomic E-state index is 0.147. The van der Waals surface area contributed by atoms with Gasteiger partial charge >= 0.3 is 0 Å². The first-order chi connectivity index (χ1) is 12.4. The zero-order valence-electron chi connectivity index (χ0n) is 14.6. The summed E-state index contributed by atoms with van der Waals surface area (Å²) in [6.45, 7) is 2.86. The average molecular weight is 393 g/mol. The van der Waals surface area contributed by atoms with Crippen LogP contribution in [-0.2, 0) is 14.8 Å². The van der Waals surface area contributed by atoms with E-state index in [1.807, 2.05) is 0 Å². The highest BCUT2D eigenvalue weighted by Gasteiger charge is 2.30. The van der Waals surface area contributed by atoms with Crippen molar-refractivity contribution in [3.05, 3.63) is 59.1 Å². The van der Waals surface area contributed by atoms with E-state index in [9.17, 15) is 13.2 Å². The number of likely N-dealkylation sites (tertiary alicyclic amines) is 1. The van der Waals surface area contributed by atoms with Crippen LogP contribution in [0.2, 0.25) is 5.02 Å². The number of anilines is 1. The van der Waals surface area contributed by atoms with Crippen LogP contribution < -0.4 is 4.31 Å². The van der Waals surface area contributed by atoms with Crippen molar-refractivity contribution in [2.24, 2.45) is 0 Å².